The number of methoxy groups -OCH3 is 1. The van der Waals surface area contributed by atoms with Crippen LogP contribution in [0.25, 0.3) is 0 Å². The molecule has 11 heteroatoms. The van der Waals surface area contributed by atoms with E-state index >= 15 is 0 Å². The number of fused-ring (bicyclic) bond motifs is 1. The van der Waals surface area contributed by atoms with Gasteiger partial charge in [-0.3, -0.25) is 14.5 Å². The fourth-order valence-electron chi connectivity index (χ4n) is 4.33. The Labute approximate surface area is 234 Å². The van der Waals surface area contributed by atoms with E-state index in [9.17, 15) is 19.6 Å². The Bertz CT molecular complexity index is 1200. The number of nitriles is 1. The highest BCUT2D eigenvalue weighted by molar-refractivity contribution is 8.00. The van der Waals surface area contributed by atoms with Crippen molar-refractivity contribution in [2.45, 2.75) is 39.7 Å². The van der Waals surface area contributed by atoms with Crippen molar-refractivity contribution in [1.82, 2.24) is 20.5 Å². The number of allylic oxidation sites excluding steroid dienone is 5. The summed E-state index contributed by atoms with van der Waals surface area (Å²) in [6.07, 6.45) is 8.31. The van der Waals surface area contributed by atoms with E-state index in [-0.39, 0.29) is 17.6 Å². The van der Waals surface area contributed by atoms with E-state index in [1.807, 2.05) is 19.1 Å². The summed E-state index contributed by atoms with van der Waals surface area (Å²) in [4.78, 5) is 45.4. The number of aromatic nitrogens is 1. The maximum absolute atomic E-state index is 13.3. The molecule has 208 valence electrons. The van der Waals surface area contributed by atoms with Crippen LogP contribution < -0.4 is 15.5 Å². The molecule has 2 aliphatic heterocycles. The van der Waals surface area contributed by atoms with Gasteiger partial charge >= 0.3 is 6.03 Å². The molecular formula is C28H36N6O4S. The number of hydrogen-bond donors (Lipinski definition) is 2. The van der Waals surface area contributed by atoms with E-state index < -0.39 is 0 Å². The van der Waals surface area contributed by atoms with Crippen molar-refractivity contribution in [2.24, 2.45) is 0 Å². The lowest BCUT2D eigenvalue weighted by atomic mass is 10.0. The van der Waals surface area contributed by atoms with Gasteiger partial charge in [0.1, 0.15) is 17.6 Å². The number of carbonyl (C=O) groups is 3. The molecule has 3 amide bonds. The first kappa shape index (κ1) is 29.9. The van der Waals surface area contributed by atoms with Crippen LogP contribution in [0.4, 0.5) is 10.6 Å². The summed E-state index contributed by atoms with van der Waals surface area (Å²) in [5.41, 5.74) is 3.37. The quantitative estimate of drug-likeness (QED) is 0.185. The van der Waals surface area contributed by atoms with Gasteiger partial charge in [-0.05, 0) is 50.0 Å². The van der Waals surface area contributed by atoms with Gasteiger partial charge in [0.25, 0.3) is 0 Å². The molecule has 1 fully saturated rings. The summed E-state index contributed by atoms with van der Waals surface area (Å²) < 4.78 is 5.11. The van der Waals surface area contributed by atoms with Gasteiger partial charge in [0, 0.05) is 50.3 Å². The minimum atomic E-state index is -0.371. The topological polar surface area (TPSA) is 128 Å². The Balaban J connectivity index is 1.83. The normalized spacial score (nSPS) is 16.5. The molecule has 2 aliphatic rings. The lowest BCUT2D eigenvalue weighted by molar-refractivity contribution is -0.129. The smallest absolute Gasteiger partial charge is 0.327 e. The Hall–Kier alpha value is -3.62. The molecule has 3 heterocycles. The van der Waals surface area contributed by atoms with Gasteiger partial charge in [0.05, 0.1) is 23.6 Å². The van der Waals surface area contributed by atoms with Crippen molar-refractivity contribution >= 4 is 35.8 Å². The molecule has 1 aromatic heterocycles. The highest BCUT2D eigenvalue weighted by atomic mass is 32.2. The predicted molar refractivity (Wildman–Crippen MR) is 152 cm³/mol. The molecule has 0 unspecified atom stereocenters. The third-order valence-electron chi connectivity index (χ3n) is 6.29. The number of aldehydes is 1. The third kappa shape index (κ3) is 8.18. The largest absolute Gasteiger partial charge is 0.383 e. The van der Waals surface area contributed by atoms with Crippen molar-refractivity contribution in [3.8, 4) is 6.07 Å². The molecule has 0 radical (unpaired) electrons. The van der Waals surface area contributed by atoms with Crippen LogP contribution in [0.5, 0.6) is 0 Å². The highest BCUT2D eigenvalue weighted by Crippen LogP contribution is 2.28. The monoisotopic (exact) mass is 552 g/mol. The number of aryl methyl sites for hydroxylation is 1. The van der Waals surface area contributed by atoms with Gasteiger partial charge in [-0.1, -0.05) is 13.0 Å². The van der Waals surface area contributed by atoms with Crippen molar-refractivity contribution in [3.05, 3.63) is 58.1 Å². The zero-order chi connectivity index (χ0) is 28.2. The molecule has 2 N–H and O–H groups in total. The number of pyridine rings is 1. The molecule has 3 rings (SSSR count). The Morgan fingerprint density at radius 2 is 2.18 bits per heavy atom. The molecule has 0 aromatic carbocycles. The Kier molecular flexibility index (Phi) is 11.6. The van der Waals surface area contributed by atoms with Crippen molar-refractivity contribution < 1.29 is 19.1 Å². The molecule has 0 bridgehead atoms. The van der Waals surface area contributed by atoms with Crippen molar-refractivity contribution in [1.29, 1.82) is 5.26 Å². The van der Waals surface area contributed by atoms with Crippen LogP contribution in [0.1, 0.15) is 48.3 Å². The minimum absolute atomic E-state index is 0.0546. The average molecular weight is 553 g/mol. The van der Waals surface area contributed by atoms with E-state index in [1.165, 1.54) is 0 Å². The summed E-state index contributed by atoms with van der Waals surface area (Å²) in [6, 6.07) is 3.74. The average Bonchev–Trinajstić information content (AvgIpc) is 2.93. The molecular weight excluding hydrogens is 516 g/mol. The second-order valence-corrected chi connectivity index (χ2v) is 10.3. The van der Waals surface area contributed by atoms with E-state index in [0.29, 0.717) is 73.2 Å². The first-order valence-electron chi connectivity index (χ1n) is 13.1. The summed E-state index contributed by atoms with van der Waals surface area (Å²) in [5, 5.41) is 15.8. The van der Waals surface area contributed by atoms with E-state index in [0.717, 1.165) is 30.6 Å². The van der Waals surface area contributed by atoms with Crippen LogP contribution in [0.3, 0.4) is 0 Å². The molecule has 39 heavy (non-hydrogen) atoms. The lowest BCUT2D eigenvalue weighted by Crippen LogP contribution is -2.43. The lowest BCUT2D eigenvalue weighted by Gasteiger charge is -2.31. The maximum atomic E-state index is 13.3. The Morgan fingerprint density at radius 3 is 2.87 bits per heavy atom. The number of ether oxygens (including phenoxy) is 1. The maximum Gasteiger partial charge on any atom is 0.327 e. The van der Waals surface area contributed by atoms with Gasteiger partial charge in [-0.25, -0.2) is 9.78 Å². The second kappa shape index (κ2) is 15.1. The van der Waals surface area contributed by atoms with E-state index in [4.69, 9.17) is 4.74 Å². The molecule has 1 saturated heterocycles. The van der Waals surface area contributed by atoms with Crippen LogP contribution in [0.15, 0.2) is 41.3 Å². The highest BCUT2D eigenvalue weighted by Gasteiger charge is 2.27. The summed E-state index contributed by atoms with van der Waals surface area (Å²) in [5.74, 6) is 1.82. The van der Waals surface area contributed by atoms with Crippen LogP contribution in [0, 0.1) is 11.3 Å². The fraction of sp³-hybridized carbons (Fsp3) is 0.464. The summed E-state index contributed by atoms with van der Waals surface area (Å²) >= 11 is 1.61. The van der Waals surface area contributed by atoms with Crippen LogP contribution in [-0.2, 0) is 22.5 Å². The predicted octanol–water partition coefficient (Wildman–Crippen LogP) is 3.32. The first-order valence-corrected chi connectivity index (χ1v) is 14.2. The molecule has 0 atom stereocenters. The van der Waals surface area contributed by atoms with Crippen LogP contribution in [-0.4, -0.2) is 73.0 Å². The number of nitrogens with one attached hydrogen (secondary N) is 2. The summed E-state index contributed by atoms with van der Waals surface area (Å²) in [6.45, 7) is 6.12. The van der Waals surface area contributed by atoms with Crippen LogP contribution in [0.2, 0.25) is 0 Å². The fourth-order valence-corrected chi connectivity index (χ4v) is 5.18. The SMILES string of the molecule is CC/C=C/C(C#N)=C(\C=C(/C)NC(=O)N1CCCc2cc(CN3CCSCC3=O)c(C=O)nc21)NCCOC. The standard InChI is InChI=1S/C28H36N6O4S/c1-4-5-7-22(16-29)24(30-9-12-38-3)14-20(2)31-28(37)34-10-6-8-21-15-23(25(18-35)32-27(21)34)17-33-11-13-39-19-26(33)36/h5,7,14-15,18,30H,4,6,8-13,17,19H2,1-3H3,(H,31,37)/b7-5+,20-14+,24-22-. The number of nitrogens with zero attached hydrogens (tertiary/aromatic N) is 4. The van der Waals surface area contributed by atoms with Gasteiger partial charge in [-0.2, -0.15) is 17.0 Å². The van der Waals surface area contributed by atoms with Crippen molar-refractivity contribution in [2.75, 3.05) is 49.8 Å². The van der Waals surface area contributed by atoms with Gasteiger partial charge in [0.15, 0.2) is 6.29 Å². The van der Waals surface area contributed by atoms with E-state index in [2.05, 4.69) is 21.7 Å². The second-order valence-electron chi connectivity index (χ2n) is 9.18. The number of urea groups is 1. The van der Waals surface area contributed by atoms with Crippen LogP contribution >= 0.6 is 11.8 Å². The van der Waals surface area contributed by atoms with Crippen molar-refractivity contribution in [3.63, 3.8) is 0 Å². The molecule has 10 nitrogen and oxygen atoms in total. The molecule has 0 aliphatic carbocycles. The summed E-state index contributed by atoms with van der Waals surface area (Å²) in [7, 11) is 1.60. The number of rotatable bonds is 11. The van der Waals surface area contributed by atoms with E-state index in [1.54, 1.807) is 47.7 Å². The number of hydrogen-bond acceptors (Lipinski definition) is 8. The number of anilines is 1. The van der Waals surface area contributed by atoms with Gasteiger partial charge in [-0.15, -0.1) is 0 Å². The van der Waals surface area contributed by atoms with Gasteiger partial charge < -0.3 is 20.3 Å². The number of thioether (sulfide) groups is 1. The molecule has 0 saturated carbocycles. The molecule has 1 aromatic rings. The zero-order valence-electron chi connectivity index (χ0n) is 22.8. The van der Waals surface area contributed by atoms with Gasteiger partial charge in [0.2, 0.25) is 5.91 Å². The number of carbonyl (C=O) groups excluding carboxylic acids is 3. The third-order valence-corrected chi connectivity index (χ3v) is 7.22. The number of amides is 3. The first-order chi connectivity index (χ1) is 18.9. The Morgan fingerprint density at radius 1 is 1.36 bits per heavy atom. The minimum Gasteiger partial charge on any atom is -0.383 e. The molecule has 0 spiro atoms. The zero-order valence-corrected chi connectivity index (χ0v) is 23.6.